The van der Waals surface area contributed by atoms with Crippen molar-refractivity contribution in [3.05, 3.63) is 107 Å². The van der Waals surface area contributed by atoms with Crippen LogP contribution in [0.2, 0.25) is 0 Å². The van der Waals surface area contributed by atoms with Crippen molar-refractivity contribution >= 4 is 18.0 Å². The second kappa shape index (κ2) is 12.3. The number of carbonyl (C=O) groups excluding carboxylic acids is 2. The van der Waals surface area contributed by atoms with Crippen LogP contribution < -0.4 is 5.32 Å². The molecule has 1 atom stereocenters. The summed E-state index contributed by atoms with van der Waals surface area (Å²) in [5.41, 5.74) is 1.32. The average molecular weight is 480 g/mol. The van der Waals surface area contributed by atoms with Crippen molar-refractivity contribution in [1.29, 1.82) is 0 Å². The Morgan fingerprint density at radius 1 is 0.914 bits per heavy atom. The fourth-order valence-electron chi connectivity index (χ4n) is 3.36. The minimum absolute atomic E-state index is 0.0162. The number of aliphatic hydroxyl groups is 1. The first-order valence-electron chi connectivity index (χ1n) is 10.8. The Morgan fingerprint density at radius 2 is 1.54 bits per heavy atom. The topological polar surface area (TPSA) is 116 Å². The summed E-state index contributed by atoms with van der Waals surface area (Å²) in [5, 5.41) is 21.4. The number of benzene rings is 3. The van der Waals surface area contributed by atoms with Crippen LogP contribution in [-0.2, 0) is 29.2 Å². The molecule has 0 aliphatic carbocycles. The highest BCUT2D eigenvalue weighted by atomic mass is 19.1. The predicted molar refractivity (Wildman–Crippen MR) is 125 cm³/mol. The second-order valence-corrected chi connectivity index (χ2v) is 7.73. The van der Waals surface area contributed by atoms with Crippen LogP contribution in [0, 0.1) is 5.82 Å². The lowest BCUT2D eigenvalue weighted by Crippen LogP contribution is -2.50. The monoisotopic (exact) mass is 480 g/mol. The Morgan fingerprint density at radius 3 is 2.14 bits per heavy atom. The van der Waals surface area contributed by atoms with Crippen molar-refractivity contribution in [3.8, 4) is 0 Å². The Labute approximate surface area is 201 Å². The smallest absolute Gasteiger partial charge is 0.408 e. The number of alkyl carbamates (subject to hydrolysis) is 1. The van der Waals surface area contributed by atoms with E-state index >= 15 is 0 Å². The molecule has 3 aromatic carbocycles. The molecule has 0 aliphatic rings. The summed E-state index contributed by atoms with van der Waals surface area (Å²) >= 11 is 0. The number of carboxylic acids is 1. The second-order valence-electron chi connectivity index (χ2n) is 7.73. The third-order valence-corrected chi connectivity index (χ3v) is 5.17. The number of carboxylic acid groups (broad SMARTS) is 1. The number of hydrogen-bond donors (Lipinski definition) is 3. The molecular formula is C26H25FN2O6. The molecule has 0 aromatic heterocycles. The molecule has 0 saturated carbocycles. The highest BCUT2D eigenvalue weighted by Crippen LogP contribution is 2.17. The molecule has 0 saturated heterocycles. The molecule has 9 heteroatoms. The van der Waals surface area contributed by atoms with Gasteiger partial charge in [0.2, 0.25) is 5.91 Å². The molecule has 3 N–H and O–H groups in total. The van der Waals surface area contributed by atoms with Gasteiger partial charge >= 0.3 is 12.1 Å². The van der Waals surface area contributed by atoms with Gasteiger partial charge in [-0.25, -0.2) is 14.0 Å². The number of hydrogen-bond acceptors (Lipinski definition) is 5. The summed E-state index contributed by atoms with van der Waals surface area (Å²) in [6.45, 7) is -0.992. The van der Waals surface area contributed by atoms with E-state index < -0.39 is 36.4 Å². The molecule has 0 radical (unpaired) electrons. The standard InChI is InChI=1S/C26H25FN2O6/c27-22-12-11-20(25(32)33)13-21(22)15-29(14-18-7-3-1-4-8-18)24(31)23(16-30)28-26(34)35-17-19-9-5-2-6-10-19/h1-13,23,30H,14-17H2,(H,28,34)(H,32,33)/t23-/m0/s1. The number of aromatic carboxylic acids is 1. The van der Waals surface area contributed by atoms with E-state index in [0.29, 0.717) is 0 Å². The average Bonchev–Trinajstić information content (AvgIpc) is 2.87. The first-order chi connectivity index (χ1) is 16.9. The minimum Gasteiger partial charge on any atom is -0.478 e. The lowest BCUT2D eigenvalue weighted by atomic mass is 10.1. The molecule has 0 bridgehead atoms. The number of aliphatic hydroxyl groups excluding tert-OH is 1. The fourth-order valence-corrected chi connectivity index (χ4v) is 3.36. The van der Waals surface area contributed by atoms with E-state index in [0.717, 1.165) is 29.3 Å². The van der Waals surface area contributed by atoms with E-state index in [9.17, 15) is 29.0 Å². The van der Waals surface area contributed by atoms with Crippen molar-refractivity contribution in [2.24, 2.45) is 0 Å². The Bertz CT molecular complexity index is 1160. The highest BCUT2D eigenvalue weighted by Gasteiger charge is 2.27. The van der Waals surface area contributed by atoms with Gasteiger partial charge in [-0.05, 0) is 29.3 Å². The van der Waals surface area contributed by atoms with E-state index in [1.165, 1.54) is 4.90 Å². The molecule has 2 amide bonds. The van der Waals surface area contributed by atoms with Crippen LogP contribution in [0.5, 0.6) is 0 Å². The number of nitrogens with one attached hydrogen (secondary N) is 1. The summed E-state index contributed by atoms with van der Waals surface area (Å²) in [4.78, 5) is 38.1. The molecule has 3 rings (SSSR count). The lowest BCUT2D eigenvalue weighted by Gasteiger charge is -2.27. The maximum atomic E-state index is 14.5. The lowest BCUT2D eigenvalue weighted by molar-refractivity contribution is -0.135. The van der Waals surface area contributed by atoms with Gasteiger partial charge in [0.1, 0.15) is 18.5 Å². The Kier molecular flexibility index (Phi) is 8.91. The van der Waals surface area contributed by atoms with E-state index in [4.69, 9.17) is 4.74 Å². The molecule has 0 aliphatic heterocycles. The van der Waals surface area contributed by atoms with Crippen molar-refractivity contribution in [2.75, 3.05) is 6.61 Å². The first-order valence-corrected chi connectivity index (χ1v) is 10.8. The molecule has 0 heterocycles. The third kappa shape index (κ3) is 7.38. The molecule has 0 fully saturated rings. The molecule has 182 valence electrons. The minimum atomic E-state index is -1.35. The third-order valence-electron chi connectivity index (χ3n) is 5.17. The molecule has 0 spiro atoms. The van der Waals surface area contributed by atoms with Crippen molar-refractivity contribution < 1.29 is 33.7 Å². The van der Waals surface area contributed by atoms with Crippen LogP contribution in [0.15, 0.2) is 78.9 Å². The summed E-state index contributed by atoms with van der Waals surface area (Å²) in [5.74, 6) is -2.60. The summed E-state index contributed by atoms with van der Waals surface area (Å²) in [6, 6.07) is 19.7. The van der Waals surface area contributed by atoms with Crippen LogP contribution in [0.1, 0.15) is 27.0 Å². The fraction of sp³-hybridized carbons (Fsp3) is 0.192. The predicted octanol–water partition coefficient (Wildman–Crippen LogP) is 3.34. The molecular weight excluding hydrogens is 455 g/mol. The van der Waals surface area contributed by atoms with Crippen molar-refractivity contribution in [2.45, 2.75) is 25.7 Å². The van der Waals surface area contributed by atoms with Crippen molar-refractivity contribution in [1.82, 2.24) is 10.2 Å². The van der Waals surface area contributed by atoms with E-state index in [2.05, 4.69) is 5.32 Å². The van der Waals surface area contributed by atoms with Gasteiger partial charge in [0.05, 0.1) is 12.2 Å². The maximum absolute atomic E-state index is 14.5. The maximum Gasteiger partial charge on any atom is 0.408 e. The van der Waals surface area contributed by atoms with Crippen LogP contribution >= 0.6 is 0 Å². The molecule has 3 aromatic rings. The van der Waals surface area contributed by atoms with Crippen LogP contribution in [0.25, 0.3) is 0 Å². The van der Waals surface area contributed by atoms with Crippen LogP contribution in [-0.4, -0.2) is 45.7 Å². The van der Waals surface area contributed by atoms with E-state index in [-0.39, 0.29) is 30.8 Å². The quantitative estimate of drug-likeness (QED) is 0.410. The number of amides is 2. The zero-order chi connectivity index (χ0) is 25.2. The van der Waals surface area contributed by atoms with Gasteiger partial charge in [-0.2, -0.15) is 0 Å². The van der Waals surface area contributed by atoms with Crippen LogP contribution in [0.3, 0.4) is 0 Å². The Balaban J connectivity index is 1.77. The van der Waals surface area contributed by atoms with Gasteiger partial charge < -0.3 is 25.2 Å². The number of ether oxygens (including phenoxy) is 1. The summed E-state index contributed by atoms with van der Waals surface area (Å²) < 4.78 is 19.6. The number of nitrogens with zero attached hydrogens (tertiary/aromatic N) is 1. The van der Waals surface area contributed by atoms with Gasteiger partial charge in [0.15, 0.2) is 0 Å². The number of halogens is 1. The van der Waals surface area contributed by atoms with Crippen molar-refractivity contribution in [3.63, 3.8) is 0 Å². The largest absolute Gasteiger partial charge is 0.478 e. The first kappa shape index (κ1) is 25.4. The summed E-state index contributed by atoms with van der Waals surface area (Å²) in [7, 11) is 0. The van der Waals surface area contributed by atoms with E-state index in [1.54, 1.807) is 54.6 Å². The van der Waals surface area contributed by atoms with Gasteiger partial charge in [0, 0.05) is 18.7 Å². The number of carbonyl (C=O) groups is 3. The Hall–Kier alpha value is -4.24. The van der Waals surface area contributed by atoms with Gasteiger partial charge in [-0.15, -0.1) is 0 Å². The SMILES string of the molecule is O=C(N[C@@H](CO)C(=O)N(Cc1ccccc1)Cc1cc(C(=O)O)ccc1F)OCc1ccccc1. The van der Waals surface area contributed by atoms with Crippen LogP contribution in [0.4, 0.5) is 9.18 Å². The highest BCUT2D eigenvalue weighted by molar-refractivity contribution is 5.88. The zero-order valence-corrected chi connectivity index (χ0v) is 18.8. The van der Waals surface area contributed by atoms with E-state index in [1.807, 2.05) is 6.07 Å². The molecule has 35 heavy (non-hydrogen) atoms. The van der Waals surface area contributed by atoms with Gasteiger partial charge in [0.25, 0.3) is 0 Å². The van der Waals surface area contributed by atoms with Gasteiger partial charge in [-0.1, -0.05) is 60.7 Å². The molecule has 8 nitrogen and oxygen atoms in total. The molecule has 0 unspecified atom stereocenters. The van der Waals surface area contributed by atoms with Gasteiger partial charge in [-0.3, -0.25) is 4.79 Å². The number of rotatable bonds is 10. The summed E-state index contributed by atoms with van der Waals surface area (Å²) in [6.07, 6.45) is -0.903. The normalized spacial score (nSPS) is 11.4. The zero-order valence-electron chi connectivity index (χ0n) is 18.8.